The SMILES string of the molecule is Cc1cc(F)c(C(Br)c2cccc(Cl)c2C)cc1F. The number of rotatable bonds is 2. The summed E-state index contributed by atoms with van der Waals surface area (Å²) in [7, 11) is 0. The summed E-state index contributed by atoms with van der Waals surface area (Å²) in [4.78, 5) is -0.429. The molecule has 0 saturated carbocycles. The molecule has 0 amide bonds. The summed E-state index contributed by atoms with van der Waals surface area (Å²) in [6.45, 7) is 3.39. The number of benzene rings is 2. The molecule has 100 valence electrons. The van der Waals surface area contributed by atoms with Crippen LogP contribution < -0.4 is 0 Å². The van der Waals surface area contributed by atoms with E-state index in [2.05, 4.69) is 15.9 Å². The summed E-state index contributed by atoms with van der Waals surface area (Å²) in [6, 6.07) is 7.84. The van der Waals surface area contributed by atoms with Crippen LogP contribution in [0.4, 0.5) is 8.78 Å². The molecule has 0 aliphatic heterocycles. The summed E-state index contributed by atoms with van der Waals surface area (Å²) in [5, 5.41) is 0.606. The summed E-state index contributed by atoms with van der Waals surface area (Å²) < 4.78 is 27.6. The molecule has 0 nitrogen and oxygen atoms in total. The van der Waals surface area contributed by atoms with Gasteiger partial charge in [0.1, 0.15) is 11.6 Å². The van der Waals surface area contributed by atoms with Gasteiger partial charge in [-0.3, -0.25) is 0 Å². The van der Waals surface area contributed by atoms with E-state index in [4.69, 9.17) is 11.6 Å². The first-order valence-electron chi connectivity index (χ1n) is 5.76. The van der Waals surface area contributed by atoms with E-state index in [9.17, 15) is 8.78 Å². The molecule has 0 radical (unpaired) electrons. The number of hydrogen-bond donors (Lipinski definition) is 0. The molecule has 2 rings (SSSR count). The monoisotopic (exact) mass is 344 g/mol. The predicted molar refractivity (Wildman–Crippen MR) is 78.1 cm³/mol. The van der Waals surface area contributed by atoms with E-state index in [1.807, 2.05) is 13.0 Å². The second-order valence-corrected chi connectivity index (χ2v) is 5.76. The molecule has 0 aliphatic rings. The Morgan fingerprint density at radius 1 is 1.05 bits per heavy atom. The largest absolute Gasteiger partial charge is 0.207 e. The third kappa shape index (κ3) is 2.82. The maximum atomic E-state index is 14.0. The van der Waals surface area contributed by atoms with Gasteiger partial charge in [-0.05, 0) is 48.7 Å². The zero-order valence-corrected chi connectivity index (χ0v) is 12.8. The quantitative estimate of drug-likeness (QED) is 0.611. The van der Waals surface area contributed by atoms with Crippen molar-refractivity contribution in [3.63, 3.8) is 0 Å². The Balaban J connectivity index is 2.53. The van der Waals surface area contributed by atoms with Gasteiger partial charge in [0.25, 0.3) is 0 Å². The van der Waals surface area contributed by atoms with Gasteiger partial charge >= 0.3 is 0 Å². The lowest BCUT2D eigenvalue weighted by molar-refractivity contribution is 0.581. The van der Waals surface area contributed by atoms with Crippen LogP contribution in [0.5, 0.6) is 0 Å². The van der Waals surface area contributed by atoms with Crippen molar-refractivity contribution in [2.24, 2.45) is 0 Å². The van der Waals surface area contributed by atoms with Gasteiger partial charge in [-0.1, -0.05) is 39.7 Å². The Hall–Kier alpha value is -0.930. The van der Waals surface area contributed by atoms with Crippen LogP contribution in [0.2, 0.25) is 5.02 Å². The highest BCUT2D eigenvalue weighted by atomic mass is 79.9. The van der Waals surface area contributed by atoms with E-state index < -0.39 is 16.5 Å². The first-order chi connectivity index (χ1) is 8.91. The van der Waals surface area contributed by atoms with Crippen LogP contribution in [-0.2, 0) is 0 Å². The van der Waals surface area contributed by atoms with Gasteiger partial charge in [0.05, 0.1) is 4.83 Å². The lowest BCUT2D eigenvalue weighted by atomic mass is 9.99. The topological polar surface area (TPSA) is 0 Å². The molecule has 0 aliphatic carbocycles. The number of halogens is 4. The summed E-state index contributed by atoms with van der Waals surface area (Å²) >= 11 is 9.48. The van der Waals surface area contributed by atoms with Crippen LogP contribution in [0.3, 0.4) is 0 Å². The summed E-state index contributed by atoms with van der Waals surface area (Å²) in [5.74, 6) is -0.847. The smallest absolute Gasteiger partial charge is 0.128 e. The number of alkyl halides is 1. The lowest BCUT2D eigenvalue weighted by Crippen LogP contribution is -2.01. The molecular formula is C15H12BrClF2. The van der Waals surface area contributed by atoms with Crippen LogP contribution in [0, 0.1) is 25.5 Å². The Morgan fingerprint density at radius 2 is 1.74 bits per heavy atom. The van der Waals surface area contributed by atoms with Gasteiger partial charge in [-0.25, -0.2) is 8.78 Å². The zero-order valence-electron chi connectivity index (χ0n) is 10.5. The minimum Gasteiger partial charge on any atom is -0.207 e. The minimum atomic E-state index is -0.430. The molecule has 1 unspecified atom stereocenters. The van der Waals surface area contributed by atoms with Crippen LogP contribution in [-0.4, -0.2) is 0 Å². The Labute approximate surface area is 124 Å². The van der Waals surface area contributed by atoms with Crippen molar-refractivity contribution in [2.45, 2.75) is 18.7 Å². The summed E-state index contributed by atoms with van der Waals surface area (Å²) in [6.07, 6.45) is 0. The molecule has 1 atom stereocenters. The third-order valence-corrected chi connectivity index (χ3v) is 4.53. The standard InChI is InChI=1S/C15H12BrClF2/c1-8-6-14(19)11(7-13(8)18)15(16)10-4-3-5-12(17)9(10)2/h3-7,15H,1-2H3. The molecule has 0 saturated heterocycles. The fraction of sp³-hybridized carbons (Fsp3) is 0.200. The van der Waals surface area contributed by atoms with Crippen molar-refractivity contribution in [2.75, 3.05) is 0 Å². The van der Waals surface area contributed by atoms with Gasteiger partial charge in [0, 0.05) is 10.6 Å². The van der Waals surface area contributed by atoms with Gasteiger partial charge in [0.15, 0.2) is 0 Å². The highest BCUT2D eigenvalue weighted by Crippen LogP contribution is 2.36. The summed E-state index contributed by atoms with van der Waals surface area (Å²) in [5.41, 5.74) is 2.25. The van der Waals surface area contributed by atoms with Crippen LogP contribution in [0.25, 0.3) is 0 Å². The van der Waals surface area contributed by atoms with Gasteiger partial charge in [0.2, 0.25) is 0 Å². The second kappa shape index (κ2) is 5.59. The molecule has 0 aromatic heterocycles. The van der Waals surface area contributed by atoms with Crippen LogP contribution in [0.1, 0.15) is 27.1 Å². The van der Waals surface area contributed by atoms with Crippen molar-refractivity contribution in [1.29, 1.82) is 0 Å². The maximum Gasteiger partial charge on any atom is 0.128 e. The van der Waals surface area contributed by atoms with Crippen molar-refractivity contribution in [3.8, 4) is 0 Å². The van der Waals surface area contributed by atoms with E-state index in [-0.39, 0.29) is 5.56 Å². The predicted octanol–water partition coefficient (Wildman–Crippen LogP) is 5.72. The highest BCUT2D eigenvalue weighted by Gasteiger charge is 2.19. The molecule has 0 spiro atoms. The van der Waals surface area contributed by atoms with Gasteiger partial charge in [-0.2, -0.15) is 0 Å². The number of hydrogen-bond acceptors (Lipinski definition) is 0. The van der Waals surface area contributed by atoms with E-state index in [0.29, 0.717) is 10.6 Å². The van der Waals surface area contributed by atoms with E-state index in [1.165, 1.54) is 19.1 Å². The Bertz CT molecular complexity index is 626. The van der Waals surface area contributed by atoms with Crippen molar-refractivity contribution in [3.05, 3.63) is 69.2 Å². The Kier molecular flexibility index (Phi) is 4.26. The lowest BCUT2D eigenvalue weighted by Gasteiger charge is -2.16. The molecule has 0 fully saturated rings. The van der Waals surface area contributed by atoms with E-state index >= 15 is 0 Å². The van der Waals surface area contributed by atoms with E-state index in [0.717, 1.165) is 11.1 Å². The Morgan fingerprint density at radius 3 is 2.42 bits per heavy atom. The molecule has 0 N–H and O–H groups in total. The molecule has 0 heterocycles. The first-order valence-corrected chi connectivity index (χ1v) is 7.05. The normalized spacial score (nSPS) is 12.5. The second-order valence-electron chi connectivity index (χ2n) is 4.44. The van der Waals surface area contributed by atoms with E-state index in [1.54, 1.807) is 12.1 Å². The molecule has 2 aromatic carbocycles. The van der Waals surface area contributed by atoms with Crippen molar-refractivity contribution in [1.82, 2.24) is 0 Å². The van der Waals surface area contributed by atoms with Gasteiger partial charge in [-0.15, -0.1) is 0 Å². The molecular weight excluding hydrogens is 334 g/mol. The third-order valence-electron chi connectivity index (χ3n) is 3.13. The maximum absolute atomic E-state index is 14.0. The molecule has 4 heteroatoms. The molecule has 2 aromatic rings. The first kappa shape index (κ1) is 14.5. The van der Waals surface area contributed by atoms with Gasteiger partial charge < -0.3 is 0 Å². The average Bonchev–Trinajstić information content (AvgIpc) is 2.36. The van der Waals surface area contributed by atoms with Crippen LogP contribution in [0.15, 0.2) is 30.3 Å². The van der Waals surface area contributed by atoms with Crippen LogP contribution >= 0.6 is 27.5 Å². The van der Waals surface area contributed by atoms with Crippen molar-refractivity contribution < 1.29 is 8.78 Å². The highest BCUT2D eigenvalue weighted by molar-refractivity contribution is 9.09. The fourth-order valence-electron chi connectivity index (χ4n) is 1.92. The average molecular weight is 346 g/mol. The minimum absolute atomic E-state index is 0.272. The fourth-order valence-corrected chi connectivity index (χ4v) is 2.95. The molecule has 0 bridgehead atoms. The molecule has 19 heavy (non-hydrogen) atoms. The number of aryl methyl sites for hydroxylation is 1. The zero-order chi connectivity index (χ0) is 14.2. The van der Waals surface area contributed by atoms with Crippen molar-refractivity contribution >= 4 is 27.5 Å².